The fraction of sp³-hybridized carbons (Fsp3) is 0.263. The maximum atomic E-state index is 12.1. The molecule has 0 aliphatic heterocycles. The Hall–Kier alpha value is -2.09. The molecule has 0 radical (unpaired) electrons. The number of carbonyl (C=O) groups excluding carboxylic acids is 1. The number of nitrogens with zero attached hydrogens (tertiary/aromatic N) is 2. The summed E-state index contributed by atoms with van der Waals surface area (Å²) in [6.07, 6.45) is 1.63. The standard InChI is InChI=1S/C19H22IN3O2/c1-4-23(5-2)16-9-6-14(7-10-16)13-21-22-19(24)15-8-11-17(20)18(12-15)25-3/h6-13H,4-5H2,1-3H3,(H,22,24)/b21-13+. The second kappa shape index (κ2) is 9.41. The van der Waals surface area contributed by atoms with Gasteiger partial charge in [-0.3, -0.25) is 4.79 Å². The third-order valence-electron chi connectivity index (χ3n) is 3.81. The molecule has 25 heavy (non-hydrogen) atoms. The van der Waals surface area contributed by atoms with Gasteiger partial charge in [-0.05, 0) is 72.3 Å². The summed E-state index contributed by atoms with van der Waals surface area (Å²) in [6.45, 7) is 6.21. The number of hydrazone groups is 1. The molecule has 0 heterocycles. The molecule has 0 saturated heterocycles. The first-order chi connectivity index (χ1) is 12.1. The van der Waals surface area contributed by atoms with Crippen molar-refractivity contribution >= 4 is 40.4 Å². The van der Waals surface area contributed by atoms with E-state index < -0.39 is 0 Å². The van der Waals surface area contributed by atoms with E-state index in [1.54, 1.807) is 25.5 Å². The van der Waals surface area contributed by atoms with Crippen molar-refractivity contribution in [3.05, 3.63) is 57.2 Å². The van der Waals surface area contributed by atoms with Gasteiger partial charge in [-0.1, -0.05) is 12.1 Å². The molecule has 2 aromatic rings. The fourth-order valence-corrected chi connectivity index (χ4v) is 2.95. The van der Waals surface area contributed by atoms with E-state index in [-0.39, 0.29) is 5.91 Å². The van der Waals surface area contributed by atoms with E-state index in [4.69, 9.17) is 4.74 Å². The van der Waals surface area contributed by atoms with Crippen LogP contribution in [0.3, 0.4) is 0 Å². The molecule has 0 unspecified atom stereocenters. The summed E-state index contributed by atoms with van der Waals surface area (Å²) in [5.41, 5.74) is 5.15. The highest BCUT2D eigenvalue weighted by Crippen LogP contribution is 2.21. The molecule has 0 aliphatic rings. The predicted molar refractivity (Wildman–Crippen MR) is 111 cm³/mol. The number of amides is 1. The molecule has 0 bridgehead atoms. The predicted octanol–water partition coefficient (Wildman–Crippen LogP) is 3.91. The first-order valence-electron chi connectivity index (χ1n) is 8.11. The highest BCUT2D eigenvalue weighted by atomic mass is 127. The van der Waals surface area contributed by atoms with E-state index in [0.29, 0.717) is 11.3 Å². The van der Waals surface area contributed by atoms with Gasteiger partial charge in [0.15, 0.2) is 0 Å². The second-order valence-electron chi connectivity index (χ2n) is 5.31. The molecule has 2 rings (SSSR count). The van der Waals surface area contributed by atoms with Crippen LogP contribution in [0.2, 0.25) is 0 Å². The quantitative estimate of drug-likeness (QED) is 0.395. The Kier molecular flexibility index (Phi) is 7.24. The van der Waals surface area contributed by atoms with Crippen molar-refractivity contribution in [3.63, 3.8) is 0 Å². The van der Waals surface area contributed by atoms with Crippen LogP contribution in [-0.2, 0) is 0 Å². The van der Waals surface area contributed by atoms with Gasteiger partial charge in [-0.2, -0.15) is 5.10 Å². The number of carbonyl (C=O) groups is 1. The molecule has 0 aromatic heterocycles. The van der Waals surface area contributed by atoms with Crippen LogP contribution in [-0.4, -0.2) is 32.3 Å². The van der Waals surface area contributed by atoms with Gasteiger partial charge in [0.25, 0.3) is 5.91 Å². The lowest BCUT2D eigenvalue weighted by molar-refractivity contribution is 0.0954. The monoisotopic (exact) mass is 451 g/mol. The van der Waals surface area contributed by atoms with Crippen molar-refractivity contribution in [2.24, 2.45) is 5.10 Å². The molecule has 0 spiro atoms. The molecule has 0 atom stereocenters. The molecule has 0 saturated carbocycles. The minimum atomic E-state index is -0.272. The first kappa shape index (κ1) is 19.2. The van der Waals surface area contributed by atoms with Crippen molar-refractivity contribution in [1.82, 2.24) is 5.43 Å². The van der Waals surface area contributed by atoms with Crippen LogP contribution in [0, 0.1) is 3.57 Å². The number of nitrogens with one attached hydrogen (secondary N) is 1. The van der Waals surface area contributed by atoms with E-state index in [0.717, 1.165) is 22.2 Å². The summed E-state index contributed by atoms with van der Waals surface area (Å²) >= 11 is 2.16. The Morgan fingerprint density at radius 2 is 1.88 bits per heavy atom. The van der Waals surface area contributed by atoms with E-state index in [1.165, 1.54) is 5.69 Å². The number of anilines is 1. The zero-order valence-corrected chi connectivity index (χ0v) is 16.8. The summed E-state index contributed by atoms with van der Waals surface area (Å²) in [7, 11) is 1.58. The molecular weight excluding hydrogens is 429 g/mol. The van der Waals surface area contributed by atoms with Gasteiger partial charge < -0.3 is 9.64 Å². The Bertz CT molecular complexity index is 741. The Balaban J connectivity index is 1.99. The lowest BCUT2D eigenvalue weighted by Gasteiger charge is -2.20. The van der Waals surface area contributed by atoms with Crippen molar-refractivity contribution in [3.8, 4) is 5.75 Å². The van der Waals surface area contributed by atoms with Crippen molar-refractivity contribution in [2.75, 3.05) is 25.1 Å². The van der Waals surface area contributed by atoms with E-state index in [2.05, 4.69) is 64.0 Å². The van der Waals surface area contributed by atoms with Gasteiger partial charge in [-0.25, -0.2) is 5.43 Å². The third kappa shape index (κ3) is 5.19. The minimum Gasteiger partial charge on any atom is -0.496 e. The van der Waals surface area contributed by atoms with Crippen molar-refractivity contribution in [2.45, 2.75) is 13.8 Å². The van der Waals surface area contributed by atoms with Crippen LogP contribution in [0.1, 0.15) is 29.8 Å². The molecule has 0 fully saturated rings. The first-order valence-corrected chi connectivity index (χ1v) is 9.18. The third-order valence-corrected chi connectivity index (χ3v) is 4.71. The average Bonchev–Trinajstić information content (AvgIpc) is 2.64. The highest BCUT2D eigenvalue weighted by molar-refractivity contribution is 14.1. The van der Waals surface area contributed by atoms with Gasteiger partial charge in [0.2, 0.25) is 0 Å². The minimum absolute atomic E-state index is 0.272. The second-order valence-corrected chi connectivity index (χ2v) is 6.47. The molecule has 0 aliphatic carbocycles. The SMILES string of the molecule is CCN(CC)c1ccc(/C=N/NC(=O)c2ccc(I)c(OC)c2)cc1. The summed E-state index contributed by atoms with van der Waals surface area (Å²) in [4.78, 5) is 14.4. The van der Waals surface area contributed by atoms with Crippen LogP contribution in [0.25, 0.3) is 0 Å². The summed E-state index contributed by atoms with van der Waals surface area (Å²) in [5, 5.41) is 4.03. The zero-order valence-electron chi connectivity index (χ0n) is 14.6. The van der Waals surface area contributed by atoms with Gasteiger partial charge in [-0.15, -0.1) is 0 Å². The van der Waals surface area contributed by atoms with Gasteiger partial charge in [0.1, 0.15) is 5.75 Å². The van der Waals surface area contributed by atoms with Crippen LogP contribution < -0.4 is 15.1 Å². The van der Waals surface area contributed by atoms with E-state index in [9.17, 15) is 4.79 Å². The molecular formula is C19H22IN3O2. The van der Waals surface area contributed by atoms with Gasteiger partial charge >= 0.3 is 0 Å². The Morgan fingerprint density at radius 1 is 1.20 bits per heavy atom. The van der Waals surface area contributed by atoms with Crippen molar-refractivity contribution < 1.29 is 9.53 Å². The molecule has 132 valence electrons. The fourth-order valence-electron chi connectivity index (χ4n) is 2.39. The van der Waals surface area contributed by atoms with Gasteiger partial charge in [0, 0.05) is 24.3 Å². The zero-order chi connectivity index (χ0) is 18.2. The topological polar surface area (TPSA) is 53.9 Å². The number of rotatable bonds is 7. The average molecular weight is 451 g/mol. The maximum Gasteiger partial charge on any atom is 0.271 e. The molecule has 2 aromatic carbocycles. The normalized spacial score (nSPS) is 10.7. The lowest BCUT2D eigenvalue weighted by atomic mass is 10.2. The smallest absolute Gasteiger partial charge is 0.271 e. The number of hydrogen-bond donors (Lipinski definition) is 1. The van der Waals surface area contributed by atoms with Crippen LogP contribution in [0.4, 0.5) is 5.69 Å². The van der Waals surface area contributed by atoms with Crippen molar-refractivity contribution in [1.29, 1.82) is 0 Å². The lowest BCUT2D eigenvalue weighted by Crippen LogP contribution is -2.21. The van der Waals surface area contributed by atoms with Crippen LogP contribution >= 0.6 is 22.6 Å². The number of benzene rings is 2. The number of halogens is 1. The maximum absolute atomic E-state index is 12.1. The molecule has 1 amide bonds. The van der Waals surface area contributed by atoms with E-state index in [1.807, 2.05) is 18.2 Å². The number of methoxy groups -OCH3 is 1. The molecule has 6 heteroatoms. The number of hydrogen-bond acceptors (Lipinski definition) is 4. The summed E-state index contributed by atoms with van der Waals surface area (Å²) in [5.74, 6) is 0.398. The van der Waals surface area contributed by atoms with Crippen LogP contribution in [0.5, 0.6) is 5.75 Å². The molecule has 5 nitrogen and oxygen atoms in total. The largest absolute Gasteiger partial charge is 0.496 e. The van der Waals surface area contributed by atoms with Crippen LogP contribution in [0.15, 0.2) is 47.6 Å². The number of ether oxygens (including phenoxy) is 1. The Labute approximate surface area is 162 Å². The van der Waals surface area contributed by atoms with E-state index >= 15 is 0 Å². The highest BCUT2D eigenvalue weighted by Gasteiger charge is 2.08. The van der Waals surface area contributed by atoms with Gasteiger partial charge in [0.05, 0.1) is 16.9 Å². The Morgan fingerprint density at radius 3 is 2.48 bits per heavy atom. The molecule has 1 N–H and O–H groups in total. The summed E-state index contributed by atoms with van der Waals surface area (Å²) in [6, 6.07) is 13.4. The summed E-state index contributed by atoms with van der Waals surface area (Å²) < 4.78 is 6.18.